The van der Waals surface area contributed by atoms with Gasteiger partial charge in [0.2, 0.25) is 11.8 Å². The molecule has 0 radical (unpaired) electrons. The van der Waals surface area contributed by atoms with Crippen LogP contribution in [0.1, 0.15) is 68.8 Å². The highest BCUT2D eigenvalue weighted by atomic mass is 19.1. The quantitative estimate of drug-likeness (QED) is 0.0772. The van der Waals surface area contributed by atoms with Gasteiger partial charge in [0, 0.05) is 88.3 Å². The topological polar surface area (TPSA) is 211 Å². The van der Waals surface area contributed by atoms with Gasteiger partial charge in [-0.3, -0.25) is 43.7 Å². The smallest absolute Gasteiger partial charge is 0.274 e. The van der Waals surface area contributed by atoms with Gasteiger partial charge in [-0.05, 0) is 86.1 Å². The van der Waals surface area contributed by atoms with Gasteiger partial charge in [-0.1, -0.05) is 55.5 Å². The van der Waals surface area contributed by atoms with Crippen LogP contribution in [0.4, 0.5) is 10.1 Å². The lowest BCUT2D eigenvalue weighted by Crippen LogP contribution is -2.51. The molecule has 2 saturated heterocycles. The van der Waals surface area contributed by atoms with Gasteiger partial charge in [0.05, 0.1) is 46.8 Å². The van der Waals surface area contributed by atoms with Crippen molar-refractivity contribution in [2.45, 2.75) is 46.1 Å². The zero-order valence-corrected chi connectivity index (χ0v) is 39.6. The van der Waals surface area contributed by atoms with Crippen LogP contribution in [0.5, 0.6) is 0 Å². The molecular weight excluding hydrogens is 892 g/mol. The average Bonchev–Trinajstić information content (AvgIpc) is 3.37. The number of hydrogen-bond donors (Lipinski definition) is 5. The van der Waals surface area contributed by atoms with Gasteiger partial charge in [0.15, 0.2) is 5.69 Å². The number of fused-ring (bicyclic) bond motifs is 1. The van der Waals surface area contributed by atoms with E-state index in [1.807, 2.05) is 31.2 Å². The number of halogens is 1. The SMILES string of the molecule is CCc1cccc(-c2cnc(C(=O)N3CCN(CC4CCN(CC(=O)NCCNC(=O)c5cc(Cc6n[nH]c(=O)c7ccccc67)ccc5F)CC4)CC3)c(NC(=O)CNCc3cncc(C)n3)c2)c1. The molecule has 2 aliphatic heterocycles. The molecule has 5 N–H and O–H groups in total. The van der Waals surface area contributed by atoms with Crippen LogP contribution in [0.25, 0.3) is 21.9 Å². The van der Waals surface area contributed by atoms with Crippen molar-refractivity contribution in [1.29, 1.82) is 0 Å². The van der Waals surface area contributed by atoms with Crippen LogP contribution in [0.2, 0.25) is 0 Å². The van der Waals surface area contributed by atoms with E-state index in [1.165, 1.54) is 17.7 Å². The Morgan fingerprint density at radius 3 is 2.37 bits per heavy atom. The standard InChI is InChI=1S/C52H59FN12O5/c1-3-35-7-6-8-38(23-35)39-26-46(60-47(66)31-55-30-40-29-54-27-34(2)59-40)49(58-28-39)52(70)65-21-19-64(20-22-65)32-36-13-17-63(18-14-36)33-48(67)56-15-16-57-50(68)43-24-37(11-12-44(43)53)25-45-41-9-4-5-10-42(41)51(69)62-61-45/h4-12,23-24,26-29,36,55H,3,13-22,25,30-33H2,1-2H3,(H,56,67)(H,57,68)(H,60,66)(H,62,69). The van der Waals surface area contributed by atoms with Crippen LogP contribution < -0.4 is 26.8 Å². The van der Waals surface area contributed by atoms with E-state index in [4.69, 9.17) is 0 Å². The molecule has 8 rings (SSSR count). The Labute approximate surface area is 405 Å². The van der Waals surface area contributed by atoms with E-state index in [0.717, 1.165) is 61.4 Å². The fourth-order valence-electron chi connectivity index (χ4n) is 9.02. The minimum absolute atomic E-state index is 0.00667. The number of aromatic amines is 1. The summed E-state index contributed by atoms with van der Waals surface area (Å²) in [5.41, 5.74) is 5.85. The second kappa shape index (κ2) is 23.3. The number of nitrogens with zero attached hydrogens (tertiary/aromatic N) is 7. The molecule has 0 spiro atoms. The molecule has 364 valence electrons. The Hall–Kier alpha value is -7.28. The third-order valence-corrected chi connectivity index (χ3v) is 12.8. The molecule has 0 aliphatic carbocycles. The first-order valence-electron chi connectivity index (χ1n) is 23.9. The summed E-state index contributed by atoms with van der Waals surface area (Å²) in [6.45, 7) is 9.83. The minimum Gasteiger partial charge on any atom is -0.353 e. The van der Waals surface area contributed by atoms with Crippen LogP contribution in [0.15, 0.2) is 96.2 Å². The van der Waals surface area contributed by atoms with E-state index in [9.17, 15) is 28.4 Å². The molecule has 2 fully saturated rings. The summed E-state index contributed by atoms with van der Waals surface area (Å²) >= 11 is 0. The largest absolute Gasteiger partial charge is 0.353 e. The lowest BCUT2D eigenvalue weighted by Gasteiger charge is -2.38. The number of anilines is 1. The molecule has 17 nitrogen and oxygen atoms in total. The number of benzene rings is 3. The number of nitrogens with one attached hydrogen (secondary N) is 5. The maximum atomic E-state index is 14.8. The fraction of sp³-hybridized carbons (Fsp3) is 0.365. The van der Waals surface area contributed by atoms with Crippen molar-refractivity contribution in [1.82, 2.24) is 55.8 Å². The van der Waals surface area contributed by atoms with Crippen LogP contribution in [0.3, 0.4) is 0 Å². The number of amides is 4. The Kier molecular flexibility index (Phi) is 16.4. The van der Waals surface area contributed by atoms with Crippen molar-refractivity contribution in [3.8, 4) is 11.1 Å². The van der Waals surface area contributed by atoms with Crippen LogP contribution >= 0.6 is 0 Å². The number of likely N-dealkylation sites (tertiary alicyclic amines) is 1. The van der Waals surface area contributed by atoms with E-state index in [1.54, 1.807) is 47.8 Å². The highest BCUT2D eigenvalue weighted by molar-refractivity contribution is 6.03. The third-order valence-electron chi connectivity index (χ3n) is 12.8. The van der Waals surface area contributed by atoms with Crippen LogP contribution in [-0.2, 0) is 29.0 Å². The number of carbonyl (C=O) groups is 4. The summed E-state index contributed by atoms with van der Waals surface area (Å²) in [6.07, 6.45) is 8.07. The number of H-pyrrole nitrogens is 1. The molecule has 2 aliphatic rings. The predicted molar refractivity (Wildman–Crippen MR) is 265 cm³/mol. The number of rotatable bonds is 18. The van der Waals surface area contributed by atoms with Gasteiger partial charge in [-0.25, -0.2) is 14.5 Å². The summed E-state index contributed by atoms with van der Waals surface area (Å²) in [6, 6.07) is 21.4. The minimum atomic E-state index is -0.664. The summed E-state index contributed by atoms with van der Waals surface area (Å²) in [5.74, 6) is -1.48. The number of carbonyl (C=O) groups excluding carboxylic acids is 4. The van der Waals surface area contributed by atoms with Crippen molar-refractivity contribution in [3.05, 3.63) is 147 Å². The highest BCUT2D eigenvalue weighted by Gasteiger charge is 2.29. The maximum absolute atomic E-state index is 14.8. The van der Waals surface area contributed by atoms with Gasteiger partial charge in [0.25, 0.3) is 17.4 Å². The van der Waals surface area contributed by atoms with Crippen molar-refractivity contribution in [2.75, 3.05) is 77.3 Å². The molecule has 0 bridgehead atoms. The summed E-state index contributed by atoms with van der Waals surface area (Å²) in [7, 11) is 0. The molecule has 70 heavy (non-hydrogen) atoms. The number of pyridine rings is 1. The van der Waals surface area contributed by atoms with E-state index in [2.05, 4.69) is 75.3 Å². The second-order valence-corrected chi connectivity index (χ2v) is 17.9. The van der Waals surface area contributed by atoms with E-state index in [-0.39, 0.29) is 67.1 Å². The molecule has 0 atom stereocenters. The normalized spacial score (nSPS) is 14.6. The number of aryl methyl sites for hydroxylation is 2. The van der Waals surface area contributed by atoms with Gasteiger partial charge in [-0.15, -0.1) is 0 Å². The first-order chi connectivity index (χ1) is 34.0. The Balaban J connectivity index is 0.759. The molecule has 0 saturated carbocycles. The molecule has 4 amide bonds. The summed E-state index contributed by atoms with van der Waals surface area (Å²) < 4.78 is 14.8. The van der Waals surface area contributed by atoms with Crippen molar-refractivity contribution < 1.29 is 23.6 Å². The number of aromatic nitrogens is 5. The van der Waals surface area contributed by atoms with Gasteiger partial charge in [-0.2, -0.15) is 5.10 Å². The number of piperidine rings is 1. The van der Waals surface area contributed by atoms with Gasteiger partial charge in [0.1, 0.15) is 5.82 Å². The number of piperazine rings is 1. The summed E-state index contributed by atoms with van der Waals surface area (Å²) in [4.78, 5) is 84.9. The lowest BCUT2D eigenvalue weighted by atomic mass is 9.96. The fourth-order valence-corrected chi connectivity index (χ4v) is 9.02. The summed E-state index contributed by atoms with van der Waals surface area (Å²) in [5, 5.41) is 19.5. The Morgan fingerprint density at radius 1 is 0.800 bits per heavy atom. The molecule has 6 aromatic rings. The maximum Gasteiger partial charge on any atom is 0.274 e. The van der Waals surface area contributed by atoms with Gasteiger partial charge < -0.3 is 26.2 Å². The molecule has 18 heteroatoms. The molecular formula is C52H59FN12O5. The Morgan fingerprint density at radius 2 is 1.59 bits per heavy atom. The van der Waals surface area contributed by atoms with Crippen molar-refractivity contribution >= 4 is 40.1 Å². The Bertz CT molecular complexity index is 2900. The van der Waals surface area contributed by atoms with Crippen LogP contribution in [0, 0.1) is 18.7 Å². The molecule has 3 aromatic heterocycles. The highest BCUT2D eigenvalue weighted by Crippen LogP contribution is 2.27. The zero-order chi connectivity index (χ0) is 49.0. The van der Waals surface area contributed by atoms with E-state index in [0.29, 0.717) is 66.4 Å². The average molecular weight is 951 g/mol. The third kappa shape index (κ3) is 12.9. The van der Waals surface area contributed by atoms with E-state index < -0.39 is 11.7 Å². The molecule has 0 unspecified atom stereocenters. The van der Waals surface area contributed by atoms with Gasteiger partial charge >= 0.3 is 0 Å². The van der Waals surface area contributed by atoms with Crippen LogP contribution in [-0.4, -0.2) is 135 Å². The van der Waals surface area contributed by atoms with Crippen molar-refractivity contribution in [2.24, 2.45) is 5.92 Å². The van der Waals surface area contributed by atoms with E-state index >= 15 is 0 Å². The second-order valence-electron chi connectivity index (χ2n) is 17.9. The first-order valence-corrected chi connectivity index (χ1v) is 23.9. The lowest BCUT2D eigenvalue weighted by molar-refractivity contribution is -0.122. The molecule has 5 heterocycles. The monoisotopic (exact) mass is 950 g/mol. The van der Waals surface area contributed by atoms with Crippen molar-refractivity contribution in [3.63, 3.8) is 0 Å². The number of hydrogen-bond acceptors (Lipinski definition) is 12. The first kappa shape index (κ1) is 49.2. The molecule has 3 aromatic carbocycles. The zero-order valence-electron chi connectivity index (χ0n) is 39.6. The predicted octanol–water partition coefficient (Wildman–Crippen LogP) is 4.12.